The van der Waals surface area contributed by atoms with Crippen molar-refractivity contribution < 1.29 is 23.4 Å². The van der Waals surface area contributed by atoms with Crippen LogP contribution in [0.5, 0.6) is 0 Å². The van der Waals surface area contributed by atoms with Gasteiger partial charge in [-0.25, -0.2) is 0 Å². The molecule has 0 saturated carbocycles. The first-order valence-corrected chi connectivity index (χ1v) is 7.17. The van der Waals surface area contributed by atoms with Crippen molar-refractivity contribution in [3.63, 3.8) is 0 Å². The first-order valence-electron chi connectivity index (χ1n) is 7.17. The number of benzene rings is 1. The number of nitrogens with zero attached hydrogens (tertiary/aromatic N) is 1. The fraction of sp³-hybridized carbons (Fsp3) is 0.412. The third-order valence-corrected chi connectivity index (χ3v) is 3.62. The number of rotatable bonds is 3. The van der Waals surface area contributed by atoms with E-state index in [0.29, 0.717) is 5.69 Å². The number of para-hydroxylation sites is 1. The molecule has 0 unspecified atom stereocenters. The largest absolute Gasteiger partial charge is 0.418 e. The molecule has 1 heterocycles. The molecule has 23 heavy (non-hydrogen) atoms. The minimum atomic E-state index is -4.59. The summed E-state index contributed by atoms with van der Waals surface area (Å²) in [6, 6.07) is 6.82. The second-order valence-corrected chi connectivity index (χ2v) is 6.58. The first kappa shape index (κ1) is 17.6. The van der Waals surface area contributed by atoms with Gasteiger partial charge in [-0.3, -0.25) is 0 Å². The molecule has 0 aliphatic rings. The Hall–Kier alpha value is -1.79. The Morgan fingerprint density at radius 2 is 1.39 bits per heavy atom. The molecular weight excluding hydrogens is 307 g/mol. The van der Waals surface area contributed by atoms with Crippen molar-refractivity contribution in [2.24, 2.45) is 0 Å². The monoisotopic (exact) mass is 327 g/mol. The number of halogens is 3. The van der Waals surface area contributed by atoms with Crippen molar-refractivity contribution in [3.8, 4) is 5.69 Å². The summed E-state index contributed by atoms with van der Waals surface area (Å²) in [5.41, 5.74) is -3.40. The van der Waals surface area contributed by atoms with Crippen LogP contribution in [0.4, 0.5) is 13.2 Å². The average molecular weight is 327 g/mol. The summed E-state index contributed by atoms with van der Waals surface area (Å²) >= 11 is 0. The SMILES string of the molecule is CC(C)(O)c1cccc(C(F)(F)F)c1-n1cccc1C(C)(C)O. The van der Waals surface area contributed by atoms with Gasteiger partial charge in [0.25, 0.3) is 0 Å². The molecule has 0 fully saturated rings. The lowest BCUT2D eigenvalue weighted by Crippen LogP contribution is -2.26. The van der Waals surface area contributed by atoms with Crippen molar-refractivity contribution in [3.05, 3.63) is 53.3 Å². The van der Waals surface area contributed by atoms with Crippen LogP contribution in [0.2, 0.25) is 0 Å². The zero-order valence-electron chi connectivity index (χ0n) is 13.4. The fourth-order valence-electron chi connectivity index (χ4n) is 2.60. The molecule has 2 rings (SSSR count). The summed E-state index contributed by atoms with van der Waals surface area (Å²) in [6.07, 6.45) is -3.13. The minimum Gasteiger partial charge on any atom is -0.386 e. The zero-order chi connectivity index (χ0) is 17.6. The van der Waals surface area contributed by atoms with Gasteiger partial charge in [-0.1, -0.05) is 12.1 Å². The van der Waals surface area contributed by atoms with Crippen molar-refractivity contribution >= 4 is 0 Å². The lowest BCUT2D eigenvalue weighted by atomic mass is 9.92. The average Bonchev–Trinajstić information content (AvgIpc) is 2.84. The Morgan fingerprint density at radius 1 is 0.826 bits per heavy atom. The highest BCUT2D eigenvalue weighted by Gasteiger charge is 2.38. The van der Waals surface area contributed by atoms with E-state index in [-0.39, 0.29) is 11.3 Å². The maximum absolute atomic E-state index is 13.5. The summed E-state index contributed by atoms with van der Waals surface area (Å²) in [7, 11) is 0. The molecule has 0 aliphatic heterocycles. The lowest BCUT2D eigenvalue weighted by Gasteiger charge is -2.28. The number of aromatic nitrogens is 1. The summed E-state index contributed by atoms with van der Waals surface area (Å²) in [4.78, 5) is 0. The van der Waals surface area contributed by atoms with E-state index in [2.05, 4.69) is 0 Å². The highest BCUT2D eigenvalue weighted by Crippen LogP contribution is 2.40. The fourth-order valence-corrected chi connectivity index (χ4v) is 2.60. The predicted octanol–water partition coefficient (Wildman–Crippen LogP) is 3.95. The van der Waals surface area contributed by atoms with Gasteiger partial charge in [-0.15, -0.1) is 0 Å². The molecule has 0 saturated heterocycles. The Morgan fingerprint density at radius 3 is 1.87 bits per heavy atom. The van der Waals surface area contributed by atoms with Gasteiger partial charge < -0.3 is 14.8 Å². The van der Waals surface area contributed by atoms with Gasteiger partial charge in [0.05, 0.1) is 28.1 Å². The van der Waals surface area contributed by atoms with E-state index in [0.717, 1.165) is 6.07 Å². The first-order chi connectivity index (χ1) is 10.3. The predicted molar refractivity (Wildman–Crippen MR) is 81.3 cm³/mol. The topological polar surface area (TPSA) is 45.4 Å². The molecule has 1 aromatic heterocycles. The minimum absolute atomic E-state index is 0.133. The van der Waals surface area contributed by atoms with Crippen LogP contribution in [-0.2, 0) is 17.4 Å². The molecule has 1 aromatic carbocycles. The molecule has 0 radical (unpaired) electrons. The smallest absolute Gasteiger partial charge is 0.386 e. The van der Waals surface area contributed by atoms with Gasteiger partial charge in [0, 0.05) is 11.8 Å². The zero-order valence-corrected chi connectivity index (χ0v) is 13.4. The van der Waals surface area contributed by atoms with Crippen LogP contribution in [0.15, 0.2) is 36.5 Å². The van der Waals surface area contributed by atoms with Crippen LogP contribution < -0.4 is 0 Å². The van der Waals surface area contributed by atoms with Crippen LogP contribution in [-0.4, -0.2) is 14.8 Å². The molecule has 0 atom stereocenters. The quantitative estimate of drug-likeness (QED) is 0.896. The van der Waals surface area contributed by atoms with Gasteiger partial charge in [-0.2, -0.15) is 13.2 Å². The van der Waals surface area contributed by atoms with E-state index < -0.39 is 22.9 Å². The summed E-state index contributed by atoms with van der Waals surface area (Å²) in [5, 5.41) is 20.6. The van der Waals surface area contributed by atoms with Crippen LogP contribution in [0, 0.1) is 0 Å². The van der Waals surface area contributed by atoms with Crippen LogP contribution >= 0.6 is 0 Å². The van der Waals surface area contributed by atoms with Crippen LogP contribution in [0.1, 0.15) is 44.5 Å². The molecule has 0 spiro atoms. The van der Waals surface area contributed by atoms with Crippen LogP contribution in [0.3, 0.4) is 0 Å². The third-order valence-electron chi connectivity index (χ3n) is 3.62. The van der Waals surface area contributed by atoms with Crippen molar-refractivity contribution in [2.45, 2.75) is 45.1 Å². The maximum atomic E-state index is 13.5. The highest BCUT2D eigenvalue weighted by atomic mass is 19.4. The van der Waals surface area contributed by atoms with Gasteiger partial charge in [-0.05, 0) is 45.9 Å². The maximum Gasteiger partial charge on any atom is 0.418 e. The summed E-state index contributed by atoms with van der Waals surface area (Å²) < 4.78 is 41.7. The van der Waals surface area contributed by atoms with E-state index in [9.17, 15) is 23.4 Å². The number of aliphatic hydroxyl groups is 2. The number of alkyl halides is 3. The third kappa shape index (κ3) is 3.43. The summed E-state index contributed by atoms with van der Waals surface area (Å²) in [5.74, 6) is 0. The summed E-state index contributed by atoms with van der Waals surface area (Å²) in [6.45, 7) is 5.86. The van der Waals surface area contributed by atoms with Crippen LogP contribution in [0.25, 0.3) is 5.69 Å². The van der Waals surface area contributed by atoms with E-state index in [1.54, 1.807) is 12.1 Å². The number of hydrogen-bond donors (Lipinski definition) is 2. The molecule has 6 heteroatoms. The molecule has 126 valence electrons. The molecule has 0 aliphatic carbocycles. The molecule has 3 nitrogen and oxygen atoms in total. The lowest BCUT2D eigenvalue weighted by molar-refractivity contribution is -0.137. The molecular formula is C17H20F3NO2. The van der Waals surface area contributed by atoms with Crippen molar-refractivity contribution in [2.75, 3.05) is 0 Å². The van der Waals surface area contributed by atoms with Gasteiger partial charge in [0.2, 0.25) is 0 Å². The Labute approximate surface area is 133 Å². The Balaban J connectivity index is 2.88. The molecule has 0 bridgehead atoms. The van der Waals surface area contributed by atoms with Gasteiger partial charge in [0.1, 0.15) is 0 Å². The van der Waals surface area contributed by atoms with E-state index in [4.69, 9.17) is 0 Å². The van der Waals surface area contributed by atoms with E-state index in [1.165, 1.54) is 50.6 Å². The number of hydrogen-bond acceptors (Lipinski definition) is 2. The molecule has 2 aromatic rings. The second-order valence-electron chi connectivity index (χ2n) is 6.58. The van der Waals surface area contributed by atoms with Gasteiger partial charge in [0.15, 0.2) is 0 Å². The Bertz CT molecular complexity index is 672. The highest BCUT2D eigenvalue weighted by molar-refractivity contribution is 5.53. The molecule has 2 N–H and O–H groups in total. The van der Waals surface area contributed by atoms with E-state index >= 15 is 0 Å². The van der Waals surface area contributed by atoms with E-state index in [1.807, 2.05) is 0 Å². The normalized spacial score (nSPS) is 13.4. The molecule has 0 amide bonds. The van der Waals surface area contributed by atoms with Crippen molar-refractivity contribution in [1.82, 2.24) is 4.57 Å². The standard InChI is InChI=1S/C17H20F3NO2/c1-15(2,22)11-7-5-8-12(17(18,19)20)14(11)21-10-6-9-13(21)16(3,4)23/h5-10,22-23H,1-4H3. The Kier molecular flexibility index (Phi) is 4.11. The van der Waals surface area contributed by atoms with Gasteiger partial charge >= 0.3 is 6.18 Å². The van der Waals surface area contributed by atoms with Crippen molar-refractivity contribution in [1.29, 1.82) is 0 Å². The second kappa shape index (κ2) is 5.39.